The number of hydrogen-bond donors (Lipinski definition) is 3. The minimum Gasteiger partial charge on any atom is -0.366 e. The van der Waals surface area contributed by atoms with E-state index in [9.17, 15) is 9.59 Å². The van der Waals surface area contributed by atoms with Crippen LogP contribution in [0.1, 0.15) is 37.9 Å². The molecule has 0 saturated carbocycles. The quantitative estimate of drug-likeness (QED) is 0.448. The van der Waals surface area contributed by atoms with E-state index in [1.165, 1.54) is 0 Å². The summed E-state index contributed by atoms with van der Waals surface area (Å²) in [6.45, 7) is 1.93. The number of aryl methyl sites for hydroxylation is 1. The lowest BCUT2D eigenvalue weighted by Gasteiger charge is -2.09. The molecule has 4 rings (SSSR count). The Bertz CT molecular complexity index is 1250. The first-order valence-corrected chi connectivity index (χ1v) is 9.63. The lowest BCUT2D eigenvalue weighted by Crippen LogP contribution is -2.15. The highest BCUT2D eigenvalue weighted by molar-refractivity contribution is 6.01. The summed E-state index contributed by atoms with van der Waals surface area (Å²) in [4.78, 5) is 31.3. The van der Waals surface area contributed by atoms with Crippen LogP contribution in [-0.2, 0) is 6.42 Å². The van der Waals surface area contributed by atoms with Crippen molar-refractivity contribution in [3.8, 4) is 11.1 Å². The van der Waals surface area contributed by atoms with E-state index < -0.39 is 11.8 Å². The second-order valence-electron chi connectivity index (χ2n) is 7.06. The van der Waals surface area contributed by atoms with Gasteiger partial charge < -0.3 is 16.0 Å². The predicted molar refractivity (Wildman–Crippen MR) is 117 cm³/mol. The van der Waals surface area contributed by atoms with E-state index >= 15 is 0 Å². The van der Waals surface area contributed by atoms with Gasteiger partial charge in [0, 0.05) is 18.2 Å². The molecule has 0 radical (unpaired) electrons. The summed E-state index contributed by atoms with van der Waals surface area (Å²) in [6, 6.07) is 18.6. The van der Waals surface area contributed by atoms with Gasteiger partial charge in [-0.25, -0.2) is 4.98 Å². The first-order chi connectivity index (χ1) is 15.0. The Kier molecular flexibility index (Phi) is 5.53. The van der Waals surface area contributed by atoms with Crippen LogP contribution in [0.15, 0.2) is 66.9 Å². The smallest absolute Gasteiger partial charge is 0.294 e. The molecule has 2 amide bonds. The van der Waals surface area contributed by atoms with Crippen molar-refractivity contribution in [2.24, 2.45) is 5.73 Å². The number of nitrogens with zero attached hydrogens (tertiary/aromatic N) is 3. The number of rotatable bonds is 6. The number of nitrogens with one attached hydrogen (secondary N) is 2. The van der Waals surface area contributed by atoms with Gasteiger partial charge >= 0.3 is 0 Å². The van der Waals surface area contributed by atoms with Crippen molar-refractivity contribution in [1.29, 1.82) is 0 Å². The Morgan fingerprint density at radius 1 is 1.03 bits per heavy atom. The molecule has 4 aromatic rings. The minimum absolute atomic E-state index is 0.102. The molecule has 0 aliphatic rings. The van der Waals surface area contributed by atoms with Gasteiger partial charge in [0.1, 0.15) is 11.6 Å². The van der Waals surface area contributed by atoms with Crippen LogP contribution in [0, 0.1) is 6.92 Å². The Morgan fingerprint density at radius 2 is 1.84 bits per heavy atom. The number of hydrogen-bond acceptors (Lipinski definition) is 5. The summed E-state index contributed by atoms with van der Waals surface area (Å²) in [5, 5.41) is 10.7. The molecule has 154 valence electrons. The van der Waals surface area contributed by atoms with Crippen molar-refractivity contribution in [3.05, 3.63) is 95.2 Å². The number of nitrogens with two attached hydrogens (primary N) is 1. The molecule has 8 nitrogen and oxygen atoms in total. The van der Waals surface area contributed by atoms with Gasteiger partial charge in [-0.1, -0.05) is 36.4 Å². The van der Waals surface area contributed by atoms with E-state index in [1.54, 1.807) is 30.5 Å². The fourth-order valence-corrected chi connectivity index (χ4v) is 3.20. The van der Waals surface area contributed by atoms with E-state index in [0.717, 1.165) is 22.3 Å². The fourth-order valence-electron chi connectivity index (χ4n) is 3.20. The number of primary amides is 1. The summed E-state index contributed by atoms with van der Waals surface area (Å²) in [7, 11) is 0. The molecule has 0 atom stereocenters. The molecule has 0 unspecified atom stereocenters. The molecule has 4 N–H and O–H groups in total. The van der Waals surface area contributed by atoms with Gasteiger partial charge in [0.15, 0.2) is 0 Å². The van der Waals surface area contributed by atoms with E-state index in [0.29, 0.717) is 23.6 Å². The number of H-pyrrole nitrogens is 1. The second-order valence-corrected chi connectivity index (χ2v) is 7.06. The molecule has 2 aromatic heterocycles. The minimum atomic E-state index is -0.500. The van der Waals surface area contributed by atoms with Gasteiger partial charge in [-0.05, 0) is 53.4 Å². The summed E-state index contributed by atoms with van der Waals surface area (Å²) in [5.74, 6) is 0.105. The van der Waals surface area contributed by atoms with Gasteiger partial charge in [0.25, 0.3) is 5.91 Å². The largest absolute Gasteiger partial charge is 0.366 e. The van der Waals surface area contributed by atoms with E-state index in [4.69, 9.17) is 5.73 Å². The van der Waals surface area contributed by atoms with Gasteiger partial charge in [0.05, 0.1) is 0 Å². The molecule has 2 aromatic carbocycles. The highest BCUT2D eigenvalue weighted by atomic mass is 16.2. The zero-order valence-corrected chi connectivity index (χ0v) is 16.8. The topological polar surface area (TPSA) is 127 Å². The van der Waals surface area contributed by atoms with Crippen LogP contribution >= 0.6 is 0 Å². The molecular formula is C23H20N6O2. The number of benzene rings is 2. The number of carbonyl (C=O) groups is 2. The molecule has 0 aliphatic carbocycles. The van der Waals surface area contributed by atoms with Crippen molar-refractivity contribution >= 4 is 17.6 Å². The normalized spacial score (nSPS) is 10.6. The number of pyridine rings is 1. The fraction of sp³-hybridized carbons (Fsp3) is 0.0870. The Labute approximate surface area is 178 Å². The van der Waals surface area contributed by atoms with Gasteiger partial charge in [-0.2, -0.15) is 0 Å². The average Bonchev–Trinajstić information content (AvgIpc) is 3.23. The van der Waals surface area contributed by atoms with Gasteiger partial charge in [-0.15, -0.1) is 10.2 Å². The van der Waals surface area contributed by atoms with Crippen LogP contribution in [0.25, 0.3) is 11.1 Å². The van der Waals surface area contributed by atoms with E-state index in [2.05, 4.69) is 25.5 Å². The van der Waals surface area contributed by atoms with Gasteiger partial charge in [-0.3, -0.25) is 9.59 Å². The third-order valence-electron chi connectivity index (χ3n) is 4.80. The van der Waals surface area contributed by atoms with Crippen molar-refractivity contribution in [1.82, 2.24) is 20.2 Å². The Morgan fingerprint density at radius 3 is 2.61 bits per heavy atom. The zero-order valence-electron chi connectivity index (χ0n) is 16.8. The molecule has 2 heterocycles. The molecule has 8 heteroatoms. The van der Waals surface area contributed by atoms with Crippen LogP contribution in [0.5, 0.6) is 0 Å². The monoisotopic (exact) mass is 412 g/mol. The molecular weight excluding hydrogens is 392 g/mol. The number of anilines is 1. The maximum atomic E-state index is 12.6. The molecule has 0 fully saturated rings. The summed E-state index contributed by atoms with van der Waals surface area (Å²) in [5.41, 5.74) is 9.47. The third kappa shape index (κ3) is 4.64. The van der Waals surface area contributed by atoms with Crippen molar-refractivity contribution in [2.75, 3.05) is 5.32 Å². The van der Waals surface area contributed by atoms with Crippen molar-refractivity contribution < 1.29 is 9.59 Å². The van der Waals surface area contributed by atoms with Crippen molar-refractivity contribution in [3.63, 3.8) is 0 Å². The predicted octanol–water partition coefficient (Wildman–Crippen LogP) is 3.12. The first-order valence-electron chi connectivity index (χ1n) is 9.63. The number of aromatic amines is 1. The Hall–Kier alpha value is -4.33. The second kappa shape index (κ2) is 8.58. The first kappa shape index (κ1) is 20.0. The zero-order chi connectivity index (χ0) is 21.8. The molecule has 0 saturated heterocycles. The Balaban J connectivity index is 1.51. The van der Waals surface area contributed by atoms with Crippen LogP contribution in [0.2, 0.25) is 0 Å². The lowest BCUT2D eigenvalue weighted by molar-refractivity contribution is 0.0996. The summed E-state index contributed by atoms with van der Waals surface area (Å²) >= 11 is 0. The van der Waals surface area contributed by atoms with Crippen LogP contribution < -0.4 is 11.1 Å². The molecule has 0 bridgehead atoms. The summed E-state index contributed by atoms with van der Waals surface area (Å²) < 4.78 is 0. The average molecular weight is 412 g/mol. The van der Waals surface area contributed by atoms with E-state index in [-0.39, 0.29) is 5.82 Å². The molecule has 0 spiro atoms. The maximum absolute atomic E-state index is 12.6. The number of aromatic nitrogens is 4. The maximum Gasteiger partial charge on any atom is 0.294 e. The van der Waals surface area contributed by atoms with Crippen LogP contribution in [0.4, 0.5) is 5.82 Å². The lowest BCUT2D eigenvalue weighted by atomic mass is 9.98. The van der Waals surface area contributed by atoms with Crippen molar-refractivity contribution in [2.45, 2.75) is 13.3 Å². The van der Waals surface area contributed by atoms with E-state index in [1.807, 2.05) is 43.3 Å². The molecule has 0 aliphatic heterocycles. The summed E-state index contributed by atoms with van der Waals surface area (Å²) in [6.07, 6.45) is 2.13. The molecule has 31 heavy (non-hydrogen) atoms. The number of carbonyl (C=O) groups excluding carboxylic acids is 2. The SMILES string of the molecule is Cc1ccc(C(N)=O)cc1-c1ccnc(NC(=O)c2nnc(Cc3ccccc3)[nH]2)c1. The van der Waals surface area contributed by atoms with Crippen LogP contribution in [0.3, 0.4) is 0 Å². The third-order valence-corrected chi connectivity index (χ3v) is 4.80. The van der Waals surface area contributed by atoms with Gasteiger partial charge in [0.2, 0.25) is 11.7 Å². The number of amides is 2. The standard InChI is InChI=1S/C23H20N6O2/c1-14-7-8-17(21(24)30)12-18(14)16-9-10-25-19(13-16)27-23(31)22-26-20(28-29-22)11-15-5-3-2-4-6-15/h2-10,12-13H,11H2,1H3,(H2,24,30)(H,25,27,31)(H,26,28,29). The highest BCUT2D eigenvalue weighted by Gasteiger charge is 2.14. The highest BCUT2D eigenvalue weighted by Crippen LogP contribution is 2.26. The van der Waals surface area contributed by atoms with Crippen LogP contribution in [-0.4, -0.2) is 32.0 Å².